The molecule has 0 aliphatic carbocycles. The standard InChI is InChI=1S/C23H24N4O5/c1-30-16-5-6-20(31-2)17(12-16)21-13-18(26-32-21)23(29)27-11-3-4-19(27)22(28)25-14-15-7-9-24-10-8-15/h5-10,12-13,19H,3-4,11,14H2,1-2H3,(H,25,28). The lowest BCUT2D eigenvalue weighted by Crippen LogP contribution is -2.45. The quantitative estimate of drug-likeness (QED) is 0.607. The number of pyridine rings is 1. The highest BCUT2D eigenvalue weighted by Crippen LogP contribution is 2.34. The molecule has 1 N–H and O–H groups in total. The van der Waals surface area contributed by atoms with Gasteiger partial charge in [0.1, 0.15) is 17.5 Å². The van der Waals surface area contributed by atoms with Gasteiger partial charge < -0.3 is 24.2 Å². The van der Waals surface area contributed by atoms with E-state index in [-0.39, 0.29) is 17.5 Å². The van der Waals surface area contributed by atoms with Gasteiger partial charge in [-0.25, -0.2) is 0 Å². The Hall–Kier alpha value is -3.88. The molecule has 0 radical (unpaired) electrons. The highest BCUT2D eigenvalue weighted by molar-refractivity contribution is 5.97. The number of carbonyl (C=O) groups is 2. The van der Waals surface area contributed by atoms with E-state index in [1.807, 2.05) is 12.1 Å². The first-order valence-corrected chi connectivity index (χ1v) is 10.3. The fourth-order valence-corrected chi connectivity index (χ4v) is 3.75. The van der Waals surface area contributed by atoms with Crippen LogP contribution in [0.3, 0.4) is 0 Å². The SMILES string of the molecule is COc1ccc(OC)c(-c2cc(C(=O)N3CCCC3C(=O)NCc3ccncc3)no2)c1. The molecule has 9 heteroatoms. The molecular weight excluding hydrogens is 412 g/mol. The third kappa shape index (κ3) is 4.41. The lowest BCUT2D eigenvalue weighted by atomic mass is 10.1. The van der Waals surface area contributed by atoms with E-state index in [4.69, 9.17) is 14.0 Å². The normalized spacial score (nSPS) is 15.4. The number of benzene rings is 1. The maximum Gasteiger partial charge on any atom is 0.276 e. The summed E-state index contributed by atoms with van der Waals surface area (Å²) < 4.78 is 16.1. The average molecular weight is 436 g/mol. The van der Waals surface area contributed by atoms with E-state index in [0.29, 0.717) is 42.3 Å². The summed E-state index contributed by atoms with van der Waals surface area (Å²) in [4.78, 5) is 31.4. The first kappa shape index (κ1) is 21.4. The van der Waals surface area contributed by atoms with Crippen LogP contribution in [-0.4, -0.2) is 53.7 Å². The molecule has 0 bridgehead atoms. The van der Waals surface area contributed by atoms with Crippen LogP contribution in [0.25, 0.3) is 11.3 Å². The van der Waals surface area contributed by atoms with Crippen LogP contribution in [0.2, 0.25) is 0 Å². The fraction of sp³-hybridized carbons (Fsp3) is 0.304. The Bertz CT molecular complexity index is 1100. The highest BCUT2D eigenvalue weighted by atomic mass is 16.5. The number of nitrogens with one attached hydrogen (secondary N) is 1. The summed E-state index contributed by atoms with van der Waals surface area (Å²) in [7, 11) is 3.11. The van der Waals surface area contributed by atoms with Crippen molar-refractivity contribution in [2.75, 3.05) is 20.8 Å². The number of likely N-dealkylation sites (tertiary alicyclic amines) is 1. The Balaban J connectivity index is 1.48. The molecule has 2 aromatic heterocycles. The molecule has 0 saturated carbocycles. The second-order valence-corrected chi connectivity index (χ2v) is 7.37. The van der Waals surface area contributed by atoms with Crippen molar-refractivity contribution in [1.29, 1.82) is 0 Å². The maximum atomic E-state index is 13.1. The van der Waals surface area contributed by atoms with Crippen molar-refractivity contribution in [1.82, 2.24) is 20.4 Å². The lowest BCUT2D eigenvalue weighted by Gasteiger charge is -2.23. The molecule has 1 fully saturated rings. The Morgan fingerprint density at radius 3 is 2.72 bits per heavy atom. The zero-order chi connectivity index (χ0) is 22.5. The van der Waals surface area contributed by atoms with Gasteiger partial charge in [-0.05, 0) is 48.7 Å². The lowest BCUT2D eigenvalue weighted by molar-refractivity contribution is -0.125. The van der Waals surface area contributed by atoms with Gasteiger partial charge in [0.05, 0.1) is 19.8 Å². The van der Waals surface area contributed by atoms with Gasteiger partial charge in [0.25, 0.3) is 5.91 Å². The van der Waals surface area contributed by atoms with E-state index in [1.54, 1.807) is 55.8 Å². The molecule has 1 aromatic carbocycles. The molecule has 1 saturated heterocycles. The van der Waals surface area contributed by atoms with Crippen molar-refractivity contribution in [2.24, 2.45) is 0 Å². The van der Waals surface area contributed by atoms with Crippen LogP contribution in [0.4, 0.5) is 0 Å². The highest BCUT2D eigenvalue weighted by Gasteiger charge is 2.35. The second kappa shape index (κ2) is 9.51. The molecule has 9 nitrogen and oxygen atoms in total. The minimum absolute atomic E-state index is 0.138. The zero-order valence-electron chi connectivity index (χ0n) is 17.9. The molecule has 32 heavy (non-hydrogen) atoms. The van der Waals surface area contributed by atoms with Crippen molar-refractivity contribution in [3.05, 3.63) is 60.0 Å². The van der Waals surface area contributed by atoms with Gasteiger partial charge in [-0.15, -0.1) is 0 Å². The molecular formula is C23H24N4O5. The van der Waals surface area contributed by atoms with Crippen molar-refractivity contribution in [3.63, 3.8) is 0 Å². The van der Waals surface area contributed by atoms with Crippen LogP contribution in [-0.2, 0) is 11.3 Å². The predicted molar refractivity (Wildman–Crippen MR) is 115 cm³/mol. The Morgan fingerprint density at radius 2 is 1.97 bits per heavy atom. The Labute approximate surface area is 185 Å². The first-order chi connectivity index (χ1) is 15.6. The molecule has 1 aliphatic rings. The van der Waals surface area contributed by atoms with E-state index in [2.05, 4.69) is 15.5 Å². The monoisotopic (exact) mass is 436 g/mol. The molecule has 3 heterocycles. The van der Waals surface area contributed by atoms with Crippen LogP contribution in [0.1, 0.15) is 28.9 Å². The molecule has 3 aromatic rings. The molecule has 1 unspecified atom stereocenters. The van der Waals surface area contributed by atoms with Gasteiger partial charge in [0.15, 0.2) is 11.5 Å². The third-order valence-corrected chi connectivity index (χ3v) is 5.43. The van der Waals surface area contributed by atoms with Gasteiger partial charge in [-0.1, -0.05) is 5.16 Å². The Morgan fingerprint density at radius 1 is 1.16 bits per heavy atom. The summed E-state index contributed by atoms with van der Waals surface area (Å²) in [5.74, 6) is 1.03. The summed E-state index contributed by atoms with van der Waals surface area (Å²) >= 11 is 0. The minimum atomic E-state index is -0.546. The summed E-state index contributed by atoms with van der Waals surface area (Å²) in [5, 5.41) is 6.86. The van der Waals surface area contributed by atoms with E-state index in [1.165, 1.54) is 0 Å². The number of rotatable bonds is 7. The molecule has 2 amide bonds. The maximum absolute atomic E-state index is 13.1. The number of hydrogen-bond donors (Lipinski definition) is 1. The van der Waals surface area contributed by atoms with Crippen LogP contribution < -0.4 is 14.8 Å². The van der Waals surface area contributed by atoms with Crippen LogP contribution in [0.15, 0.2) is 53.3 Å². The van der Waals surface area contributed by atoms with Crippen molar-refractivity contribution in [2.45, 2.75) is 25.4 Å². The predicted octanol–water partition coefficient (Wildman–Crippen LogP) is 2.67. The first-order valence-electron chi connectivity index (χ1n) is 10.3. The van der Waals surface area contributed by atoms with Gasteiger partial charge in [0.2, 0.25) is 5.91 Å². The smallest absolute Gasteiger partial charge is 0.276 e. The van der Waals surface area contributed by atoms with E-state index < -0.39 is 6.04 Å². The number of ether oxygens (including phenoxy) is 2. The number of methoxy groups -OCH3 is 2. The number of aromatic nitrogens is 2. The summed E-state index contributed by atoms with van der Waals surface area (Å²) in [6.07, 6.45) is 4.69. The molecule has 0 spiro atoms. The summed E-state index contributed by atoms with van der Waals surface area (Å²) in [6, 6.07) is 9.95. The topological polar surface area (TPSA) is 107 Å². The van der Waals surface area contributed by atoms with Gasteiger partial charge >= 0.3 is 0 Å². The minimum Gasteiger partial charge on any atom is -0.497 e. The molecule has 4 rings (SSSR count). The van der Waals surface area contributed by atoms with Crippen molar-refractivity contribution in [3.8, 4) is 22.8 Å². The van der Waals surface area contributed by atoms with Gasteiger partial charge in [0, 0.05) is 31.5 Å². The number of nitrogens with zero attached hydrogens (tertiary/aromatic N) is 3. The average Bonchev–Trinajstić information content (AvgIpc) is 3.52. The van der Waals surface area contributed by atoms with Crippen LogP contribution >= 0.6 is 0 Å². The van der Waals surface area contributed by atoms with E-state index >= 15 is 0 Å². The number of carbonyl (C=O) groups excluding carboxylic acids is 2. The van der Waals surface area contributed by atoms with Crippen LogP contribution in [0.5, 0.6) is 11.5 Å². The molecule has 1 atom stereocenters. The number of hydrogen-bond acceptors (Lipinski definition) is 7. The van der Waals surface area contributed by atoms with Crippen molar-refractivity contribution < 1.29 is 23.6 Å². The van der Waals surface area contributed by atoms with Gasteiger partial charge in [-0.2, -0.15) is 0 Å². The molecule has 166 valence electrons. The molecule has 1 aliphatic heterocycles. The van der Waals surface area contributed by atoms with Crippen LogP contribution in [0, 0.1) is 0 Å². The van der Waals surface area contributed by atoms with Gasteiger partial charge in [-0.3, -0.25) is 14.6 Å². The fourth-order valence-electron chi connectivity index (χ4n) is 3.75. The summed E-state index contributed by atoms with van der Waals surface area (Å²) in [5.41, 5.74) is 1.70. The van der Waals surface area contributed by atoms with Crippen molar-refractivity contribution >= 4 is 11.8 Å². The largest absolute Gasteiger partial charge is 0.497 e. The second-order valence-electron chi connectivity index (χ2n) is 7.37. The number of amides is 2. The van der Waals surface area contributed by atoms with E-state index in [0.717, 1.165) is 12.0 Å². The zero-order valence-corrected chi connectivity index (χ0v) is 17.9. The summed E-state index contributed by atoms with van der Waals surface area (Å²) in [6.45, 7) is 0.862. The third-order valence-electron chi connectivity index (χ3n) is 5.43. The Kier molecular flexibility index (Phi) is 6.34. The van der Waals surface area contributed by atoms with E-state index in [9.17, 15) is 9.59 Å².